The number of halogens is 4. The SMILES string of the molecule is COc1cc2ncnc(Nc3ccc(F)c(Cl)c3)c2cc1NC(=O)C=CCNC1CC(F)(F)C1. The Hall–Kier alpha value is -3.37. The summed E-state index contributed by atoms with van der Waals surface area (Å²) in [6.07, 6.45) is 3.86. The topological polar surface area (TPSA) is 88.2 Å². The van der Waals surface area contributed by atoms with Crippen molar-refractivity contribution >= 4 is 45.6 Å². The molecule has 3 aromatic rings. The minimum Gasteiger partial charge on any atom is -0.494 e. The van der Waals surface area contributed by atoms with Gasteiger partial charge in [-0.1, -0.05) is 17.7 Å². The first-order valence-corrected chi connectivity index (χ1v) is 10.8. The molecule has 2 aromatic carbocycles. The lowest BCUT2D eigenvalue weighted by molar-refractivity contribution is -0.112. The molecule has 0 saturated heterocycles. The number of benzene rings is 2. The van der Waals surface area contributed by atoms with Crippen molar-refractivity contribution in [1.29, 1.82) is 0 Å². The van der Waals surface area contributed by atoms with Crippen molar-refractivity contribution in [3.05, 3.63) is 59.7 Å². The normalized spacial score (nSPS) is 15.3. The summed E-state index contributed by atoms with van der Waals surface area (Å²) in [7, 11) is 1.46. The minimum atomic E-state index is -2.59. The first-order chi connectivity index (χ1) is 16.2. The molecule has 0 spiro atoms. The van der Waals surface area contributed by atoms with E-state index in [9.17, 15) is 18.0 Å². The molecular weight excluding hydrogens is 471 g/mol. The van der Waals surface area contributed by atoms with Gasteiger partial charge in [0.15, 0.2) is 0 Å². The number of rotatable bonds is 8. The fourth-order valence-corrected chi connectivity index (χ4v) is 3.72. The second kappa shape index (κ2) is 9.86. The molecule has 3 N–H and O–H groups in total. The summed E-state index contributed by atoms with van der Waals surface area (Å²) in [5.41, 5.74) is 1.45. The summed E-state index contributed by atoms with van der Waals surface area (Å²) in [6, 6.07) is 7.25. The highest BCUT2D eigenvalue weighted by Gasteiger charge is 2.44. The molecule has 7 nitrogen and oxygen atoms in total. The van der Waals surface area contributed by atoms with Gasteiger partial charge in [0, 0.05) is 48.6 Å². The Morgan fingerprint density at radius 3 is 2.76 bits per heavy atom. The van der Waals surface area contributed by atoms with E-state index in [0.717, 1.165) is 0 Å². The van der Waals surface area contributed by atoms with E-state index in [-0.39, 0.29) is 23.9 Å². The van der Waals surface area contributed by atoms with Gasteiger partial charge in [0.25, 0.3) is 5.92 Å². The monoisotopic (exact) mass is 491 g/mol. The lowest BCUT2D eigenvalue weighted by atomic mass is 9.88. The van der Waals surface area contributed by atoms with Gasteiger partial charge in [-0.2, -0.15) is 0 Å². The molecule has 1 aliphatic rings. The molecule has 0 bridgehead atoms. The van der Waals surface area contributed by atoms with Crippen molar-refractivity contribution in [2.75, 3.05) is 24.3 Å². The molecule has 11 heteroatoms. The molecule has 1 aromatic heterocycles. The number of alkyl halides is 2. The van der Waals surface area contributed by atoms with Gasteiger partial charge < -0.3 is 20.7 Å². The largest absolute Gasteiger partial charge is 0.494 e. The van der Waals surface area contributed by atoms with Gasteiger partial charge in [-0.15, -0.1) is 0 Å². The van der Waals surface area contributed by atoms with E-state index in [1.807, 2.05) is 0 Å². The van der Waals surface area contributed by atoms with Crippen LogP contribution in [0.25, 0.3) is 10.9 Å². The number of aromatic nitrogens is 2. The summed E-state index contributed by atoms with van der Waals surface area (Å²) < 4.78 is 44.6. The summed E-state index contributed by atoms with van der Waals surface area (Å²) in [5, 5.41) is 9.30. The first-order valence-electron chi connectivity index (χ1n) is 10.4. The predicted octanol–water partition coefficient (Wildman–Crippen LogP) is 5.06. The molecule has 1 saturated carbocycles. The number of methoxy groups -OCH3 is 1. The highest BCUT2D eigenvalue weighted by Crippen LogP contribution is 2.37. The quantitative estimate of drug-likeness (QED) is 0.382. The second-order valence-corrected chi connectivity index (χ2v) is 8.21. The van der Waals surface area contributed by atoms with Crippen LogP contribution >= 0.6 is 11.6 Å². The van der Waals surface area contributed by atoms with Gasteiger partial charge in [0.1, 0.15) is 23.7 Å². The fourth-order valence-electron chi connectivity index (χ4n) is 3.54. The van der Waals surface area contributed by atoms with E-state index < -0.39 is 17.6 Å². The van der Waals surface area contributed by atoms with Gasteiger partial charge in [0.05, 0.1) is 23.3 Å². The molecule has 34 heavy (non-hydrogen) atoms. The number of nitrogens with zero attached hydrogens (tertiary/aromatic N) is 2. The Labute approximate surface area is 198 Å². The van der Waals surface area contributed by atoms with E-state index in [2.05, 4.69) is 25.9 Å². The zero-order chi connectivity index (χ0) is 24.3. The van der Waals surface area contributed by atoms with E-state index in [1.54, 1.807) is 18.2 Å². The number of ether oxygens (including phenoxy) is 1. The van der Waals surface area contributed by atoms with Crippen molar-refractivity contribution in [3.8, 4) is 5.75 Å². The highest BCUT2D eigenvalue weighted by molar-refractivity contribution is 6.31. The molecule has 0 unspecified atom stereocenters. The van der Waals surface area contributed by atoms with Crippen molar-refractivity contribution in [1.82, 2.24) is 15.3 Å². The zero-order valence-electron chi connectivity index (χ0n) is 18.0. The number of fused-ring (bicyclic) bond motifs is 1. The Bertz CT molecular complexity index is 1250. The molecule has 0 aliphatic heterocycles. The smallest absolute Gasteiger partial charge is 0.251 e. The van der Waals surface area contributed by atoms with Gasteiger partial charge in [-0.25, -0.2) is 23.1 Å². The molecule has 1 fully saturated rings. The second-order valence-electron chi connectivity index (χ2n) is 7.81. The molecule has 178 valence electrons. The Balaban J connectivity index is 1.49. The maximum atomic E-state index is 13.5. The van der Waals surface area contributed by atoms with Gasteiger partial charge in [0.2, 0.25) is 5.91 Å². The van der Waals surface area contributed by atoms with Gasteiger partial charge in [-0.05, 0) is 24.3 Å². The van der Waals surface area contributed by atoms with Crippen LogP contribution in [0.4, 0.5) is 30.4 Å². The van der Waals surface area contributed by atoms with Crippen LogP contribution in [0, 0.1) is 5.82 Å². The van der Waals surface area contributed by atoms with Crippen LogP contribution < -0.4 is 20.7 Å². The summed E-state index contributed by atoms with van der Waals surface area (Å²) in [6.45, 7) is 0.297. The molecule has 0 atom stereocenters. The van der Waals surface area contributed by atoms with Crippen LogP contribution in [0.1, 0.15) is 12.8 Å². The third-order valence-electron chi connectivity index (χ3n) is 5.28. The maximum Gasteiger partial charge on any atom is 0.251 e. The number of hydrogen-bond acceptors (Lipinski definition) is 6. The minimum absolute atomic E-state index is 0.0368. The van der Waals surface area contributed by atoms with E-state index in [0.29, 0.717) is 40.4 Å². The van der Waals surface area contributed by atoms with E-state index in [1.165, 1.54) is 37.7 Å². The summed E-state index contributed by atoms with van der Waals surface area (Å²) in [5.74, 6) is -2.74. The van der Waals surface area contributed by atoms with Crippen LogP contribution in [0.15, 0.2) is 48.8 Å². The Morgan fingerprint density at radius 2 is 2.06 bits per heavy atom. The Kier molecular flexibility index (Phi) is 6.90. The van der Waals surface area contributed by atoms with Crippen molar-refractivity contribution in [3.63, 3.8) is 0 Å². The number of carbonyl (C=O) groups excluding carboxylic acids is 1. The van der Waals surface area contributed by atoms with Gasteiger partial charge in [-0.3, -0.25) is 4.79 Å². The zero-order valence-corrected chi connectivity index (χ0v) is 18.8. The number of nitrogens with one attached hydrogen (secondary N) is 3. The average Bonchev–Trinajstić information content (AvgIpc) is 2.78. The maximum absolute atomic E-state index is 13.5. The van der Waals surface area contributed by atoms with Crippen LogP contribution in [0.3, 0.4) is 0 Å². The van der Waals surface area contributed by atoms with Gasteiger partial charge >= 0.3 is 0 Å². The standard InChI is InChI=1S/C23H21ClF3N5O2/c1-34-20-9-18-15(22(30-12-29-18)31-13-4-5-17(25)16(24)7-13)8-19(20)32-21(33)3-2-6-28-14-10-23(26,27)11-14/h2-5,7-9,12,14,28H,6,10-11H2,1H3,(H,32,33)(H,29,30,31). The highest BCUT2D eigenvalue weighted by atomic mass is 35.5. The predicted molar refractivity (Wildman–Crippen MR) is 125 cm³/mol. The molecule has 1 heterocycles. The van der Waals surface area contributed by atoms with Crippen molar-refractivity contribution in [2.45, 2.75) is 24.8 Å². The van der Waals surface area contributed by atoms with Crippen molar-refractivity contribution in [2.24, 2.45) is 0 Å². The average molecular weight is 492 g/mol. The van der Waals surface area contributed by atoms with E-state index in [4.69, 9.17) is 16.3 Å². The third-order valence-corrected chi connectivity index (χ3v) is 5.57. The van der Waals surface area contributed by atoms with Crippen LogP contribution in [0.2, 0.25) is 5.02 Å². The molecule has 0 radical (unpaired) electrons. The van der Waals surface area contributed by atoms with Crippen LogP contribution in [-0.4, -0.2) is 41.5 Å². The fraction of sp³-hybridized carbons (Fsp3) is 0.261. The lowest BCUT2D eigenvalue weighted by Crippen LogP contribution is -2.48. The van der Waals surface area contributed by atoms with E-state index >= 15 is 0 Å². The Morgan fingerprint density at radius 1 is 1.26 bits per heavy atom. The lowest BCUT2D eigenvalue weighted by Gasteiger charge is -2.35. The van der Waals surface area contributed by atoms with Crippen LogP contribution in [-0.2, 0) is 4.79 Å². The van der Waals surface area contributed by atoms with Crippen molar-refractivity contribution < 1.29 is 22.7 Å². The number of hydrogen-bond donors (Lipinski definition) is 3. The van der Waals surface area contributed by atoms with Crippen LogP contribution in [0.5, 0.6) is 5.75 Å². The summed E-state index contributed by atoms with van der Waals surface area (Å²) in [4.78, 5) is 20.9. The molecule has 1 aliphatic carbocycles. The number of carbonyl (C=O) groups is 1. The molecule has 1 amide bonds. The molecular formula is C23H21ClF3N5O2. The summed E-state index contributed by atoms with van der Waals surface area (Å²) >= 11 is 5.86. The molecule has 4 rings (SSSR count). The first kappa shape index (κ1) is 23.8. The number of anilines is 3. The number of amides is 1. The third kappa shape index (κ3) is 5.57.